The van der Waals surface area contributed by atoms with E-state index in [0.717, 1.165) is 42.6 Å². The molecular formula is C66H73Cl7N6O14S2. The number of amides is 2. The van der Waals surface area contributed by atoms with Gasteiger partial charge in [0.05, 0.1) is 81.3 Å². The molecule has 512 valence electrons. The summed E-state index contributed by atoms with van der Waals surface area (Å²) in [5.41, 5.74) is 3.22. The Morgan fingerprint density at radius 3 is 1.44 bits per heavy atom. The van der Waals surface area contributed by atoms with Crippen molar-refractivity contribution in [3.8, 4) is 0 Å². The van der Waals surface area contributed by atoms with Crippen LogP contribution in [0.3, 0.4) is 0 Å². The maximum absolute atomic E-state index is 14.0. The summed E-state index contributed by atoms with van der Waals surface area (Å²) in [4.78, 5) is 77.5. The maximum atomic E-state index is 14.0. The third kappa shape index (κ3) is 21.2. The van der Waals surface area contributed by atoms with E-state index < -0.39 is 71.3 Å². The van der Waals surface area contributed by atoms with Crippen molar-refractivity contribution in [2.75, 3.05) is 60.5 Å². The molecular weight excluding hydrogens is 1410 g/mol. The van der Waals surface area contributed by atoms with Gasteiger partial charge in [-0.1, -0.05) is 152 Å². The van der Waals surface area contributed by atoms with Crippen molar-refractivity contribution in [2.45, 2.75) is 118 Å². The van der Waals surface area contributed by atoms with E-state index >= 15 is 0 Å². The molecule has 6 aromatic rings. The Hall–Kier alpha value is -6.54. The number of hydrogen-bond donors (Lipinski definition) is 6. The summed E-state index contributed by atoms with van der Waals surface area (Å²) in [7, 11) is -3.56. The normalized spacial score (nSPS) is 11.8. The highest BCUT2D eigenvalue weighted by Crippen LogP contribution is 2.45. The number of ether oxygens (including phenoxy) is 1. The molecule has 0 saturated carbocycles. The summed E-state index contributed by atoms with van der Waals surface area (Å²) in [6.07, 6.45) is 11.9. The lowest BCUT2D eigenvalue weighted by atomic mass is 9.85. The highest BCUT2D eigenvalue weighted by molar-refractivity contribution is 7.86. The number of carbonyl (C=O) groups is 5. The van der Waals surface area contributed by atoms with E-state index in [1.54, 1.807) is 55.3 Å². The molecule has 0 saturated heterocycles. The highest BCUT2D eigenvalue weighted by Gasteiger charge is 2.32. The van der Waals surface area contributed by atoms with Gasteiger partial charge in [0, 0.05) is 55.9 Å². The third-order valence-corrected chi connectivity index (χ3v) is 19.9. The Balaban J connectivity index is 0.000000344. The van der Waals surface area contributed by atoms with Crippen LogP contribution in [-0.4, -0.2) is 117 Å². The van der Waals surface area contributed by atoms with Crippen LogP contribution in [0, 0.1) is 41.5 Å². The van der Waals surface area contributed by atoms with E-state index in [1.165, 1.54) is 71.8 Å². The first kappa shape index (κ1) is 79.2. The minimum absolute atomic E-state index is 0.0241. The second kappa shape index (κ2) is 35.1. The number of hydrogen-bond acceptors (Lipinski definition) is 14. The lowest BCUT2D eigenvalue weighted by molar-refractivity contribution is -0.111. The lowest BCUT2D eigenvalue weighted by Crippen LogP contribution is -2.28. The topological polar surface area (TPSA) is 299 Å². The number of benzene rings is 6. The number of rotatable bonds is 28. The number of aliphatic imine (C=N–C) groups is 2. The van der Waals surface area contributed by atoms with Crippen LogP contribution in [0.4, 0.5) is 34.1 Å². The van der Waals surface area contributed by atoms with Crippen molar-refractivity contribution in [2.24, 2.45) is 9.98 Å². The predicted molar refractivity (Wildman–Crippen MR) is 382 cm³/mol. The summed E-state index contributed by atoms with van der Waals surface area (Å²) in [6, 6.07) is 17.0. The highest BCUT2D eigenvalue weighted by atomic mass is 35.5. The monoisotopic (exact) mass is 1480 g/mol. The fraction of sp³-hybridized carbons (Fsp3) is 0.348. The van der Waals surface area contributed by atoms with Gasteiger partial charge < -0.3 is 35.4 Å². The molecule has 0 aromatic heterocycles. The van der Waals surface area contributed by atoms with Gasteiger partial charge >= 0.3 is 17.9 Å². The zero-order valence-electron chi connectivity index (χ0n) is 53.7. The van der Waals surface area contributed by atoms with E-state index in [2.05, 4.69) is 22.5 Å². The molecule has 0 atom stereocenters. The van der Waals surface area contributed by atoms with Gasteiger partial charge in [-0.2, -0.15) is 16.8 Å². The van der Waals surface area contributed by atoms with E-state index in [-0.39, 0.29) is 92.7 Å². The quantitative estimate of drug-likeness (QED) is 0.00664. The molecule has 0 unspecified atom stereocenters. The van der Waals surface area contributed by atoms with Crippen molar-refractivity contribution in [1.29, 1.82) is 0 Å². The lowest BCUT2D eigenvalue weighted by Gasteiger charge is -2.21. The van der Waals surface area contributed by atoms with Crippen LogP contribution < -0.4 is 20.4 Å². The van der Waals surface area contributed by atoms with Crippen LogP contribution in [0.25, 0.3) is 0 Å². The Kier molecular flexibility index (Phi) is 29.3. The molecule has 95 heavy (non-hydrogen) atoms. The number of carbonyl (C=O) groups excluding carboxylic acids is 3. The number of esters is 1. The van der Waals surface area contributed by atoms with Crippen molar-refractivity contribution in [3.63, 3.8) is 0 Å². The van der Waals surface area contributed by atoms with E-state index in [4.69, 9.17) is 95.5 Å². The number of carboxylic acids is 2. The van der Waals surface area contributed by atoms with Crippen molar-refractivity contribution in [1.82, 2.24) is 0 Å². The summed E-state index contributed by atoms with van der Waals surface area (Å²) < 4.78 is 69.8. The molecule has 0 fully saturated rings. The van der Waals surface area contributed by atoms with E-state index in [9.17, 15) is 55.6 Å². The number of anilines is 4. The fourth-order valence-electron chi connectivity index (χ4n) is 10.0. The summed E-state index contributed by atoms with van der Waals surface area (Å²) >= 11 is 44.5. The zero-order chi connectivity index (χ0) is 71.1. The predicted octanol–water partition coefficient (Wildman–Crippen LogP) is 17.4. The molecule has 0 aliphatic carbocycles. The molecule has 6 aromatic carbocycles. The van der Waals surface area contributed by atoms with Crippen LogP contribution >= 0.6 is 81.2 Å². The Morgan fingerprint density at radius 1 is 0.516 bits per heavy atom. The van der Waals surface area contributed by atoms with E-state index in [1.807, 2.05) is 45.0 Å². The Labute approximate surface area is 588 Å². The summed E-state index contributed by atoms with van der Waals surface area (Å²) in [5, 5.41) is 24.2. The number of aryl methyl sites for hydroxylation is 3. The standard InChI is InChI=1S/C37H44Cl5N3O3.C29H29Cl2N3O11S2/c1-6-7-8-9-10-11-12-13-14-15-20-48-37(47)25-17-16-23(2)28(22-25)44-36(46)35(29-30(38)32(40)34(42)33(41)31(29)39)43-27-19-18-26(45(4)5)21-24(27)3;1-13-10-17(34(5)8-9-46(40,41)42)6-7-20(13)32-26(23-14(2)24(28(36)37)16(4)25(15(23)3)29(38)39)27(35)33-21-11-19(31)22(12-18(21)30)47(43,44)45/h16-19,21-22H,6-15,20H2,1-5H3,(H,44,46);6-7,10-12H,8-9H2,1-5H3,(H,33,35)(H,36,37)(H,38,39)(H,40,41,42)(H,43,44,45). The van der Waals surface area contributed by atoms with Crippen LogP contribution in [0.1, 0.15) is 147 Å². The van der Waals surface area contributed by atoms with Gasteiger partial charge in [0.2, 0.25) is 0 Å². The summed E-state index contributed by atoms with van der Waals surface area (Å²) in [6.45, 7) is 11.9. The smallest absolute Gasteiger partial charge is 0.338 e. The Bertz CT molecular complexity index is 4170. The maximum Gasteiger partial charge on any atom is 0.338 e. The minimum atomic E-state index is -4.78. The van der Waals surface area contributed by atoms with Gasteiger partial charge in [-0.3, -0.25) is 18.7 Å². The number of aromatic carboxylic acids is 2. The van der Waals surface area contributed by atoms with Crippen LogP contribution in [0.5, 0.6) is 0 Å². The third-order valence-electron chi connectivity index (χ3n) is 15.3. The van der Waals surface area contributed by atoms with Crippen molar-refractivity contribution >= 4 is 177 Å². The molecule has 0 spiro atoms. The second-order valence-electron chi connectivity index (χ2n) is 22.5. The van der Waals surface area contributed by atoms with Gasteiger partial charge in [0.1, 0.15) is 16.3 Å². The van der Waals surface area contributed by atoms with Crippen LogP contribution in [-0.2, 0) is 34.6 Å². The average Bonchev–Trinajstić information content (AvgIpc) is 0.765. The average molecular weight is 1490 g/mol. The van der Waals surface area contributed by atoms with Crippen LogP contribution in [0.2, 0.25) is 35.2 Å². The first-order valence-corrected chi connectivity index (χ1v) is 35.3. The SMILES string of the molecule is CCCCCCCCCCCCOC(=O)c1ccc(C)c(NC(=O)C(=Nc2ccc(N(C)C)cc2C)c2c(Cl)c(Cl)c(Cl)c(Cl)c2Cl)c1.Cc1cc(N(C)CCS(=O)(=O)O)ccc1N=C(C(=O)Nc1cc(Cl)c(S(=O)(=O)O)cc1Cl)c1c(C)c(C(=O)O)c(C)c(C(=O)O)c1C. The van der Waals surface area contributed by atoms with Crippen molar-refractivity contribution < 1.29 is 64.9 Å². The second-order valence-corrected chi connectivity index (χ2v) is 28.2. The molecule has 6 rings (SSSR count). The first-order valence-electron chi connectivity index (χ1n) is 29.6. The molecule has 0 heterocycles. The van der Waals surface area contributed by atoms with Crippen LogP contribution in [0.15, 0.2) is 81.6 Å². The fourth-order valence-corrected chi connectivity index (χ4v) is 13.2. The van der Waals surface area contributed by atoms with Crippen molar-refractivity contribution in [3.05, 3.63) is 163 Å². The summed E-state index contributed by atoms with van der Waals surface area (Å²) in [5.74, 6) is -5.56. The van der Waals surface area contributed by atoms with Gasteiger partial charge in [-0.05, 0) is 142 Å². The molecule has 0 aliphatic rings. The molecule has 0 aliphatic heterocycles. The first-order chi connectivity index (χ1) is 44.4. The number of halogens is 7. The molecule has 29 heteroatoms. The molecule has 0 radical (unpaired) electrons. The number of nitrogens with one attached hydrogen (secondary N) is 2. The molecule has 0 bridgehead atoms. The molecule has 20 nitrogen and oxygen atoms in total. The number of nitrogens with zero attached hydrogens (tertiary/aromatic N) is 4. The van der Waals surface area contributed by atoms with E-state index in [0.29, 0.717) is 40.4 Å². The zero-order valence-corrected chi connectivity index (χ0v) is 60.6. The van der Waals surface area contributed by atoms with Gasteiger partial charge in [0.25, 0.3) is 32.1 Å². The van der Waals surface area contributed by atoms with Gasteiger partial charge in [-0.25, -0.2) is 24.4 Å². The number of carboxylic acid groups (broad SMARTS) is 2. The van der Waals surface area contributed by atoms with Gasteiger partial charge in [-0.15, -0.1) is 0 Å². The largest absolute Gasteiger partial charge is 0.478 e. The molecule has 2 amide bonds. The Morgan fingerprint density at radius 2 is 0.968 bits per heavy atom. The minimum Gasteiger partial charge on any atom is -0.478 e. The molecule has 6 N–H and O–H groups in total. The number of unbranched alkanes of at least 4 members (excludes halogenated alkanes) is 9. The van der Waals surface area contributed by atoms with Gasteiger partial charge in [0.15, 0.2) is 0 Å².